The van der Waals surface area contributed by atoms with Crippen molar-refractivity contribution in [2.75, 3.05) is 52.8 Å². The van der Waals surface area contributed by atoms with Crippen molar-refractivity contribution in [3.05, 3.63) is 10.4 Å². The van der Waals surface area contributed by atoms with Crippen LogP contribution in [0, 0.1) is 0 Å². The van der Waals surface area contributed by atoms with Crippen LogP contribution < -0.4 is 0 Å². The third-order valence-corrected chi connectivity index (χ3v) is 1.59. The summed E-state index contributed by atoms with van der Waals surface area (Å²) in [7, 11) is 0. The highest BCUT2D eigenvalue weighted by molar-refractivity contribution is 4.44. The van der Waals surface area contributed by atoms with Gasteiger partial charge in [0.15, 0.2) is 0 Å². The first kappa shape index (κ1) is 15.2. The normalized spacial score (nSPS) is 10.1. The van der Waals surface area contributed by atoms with E-state index in [9.17, 15) is 0 Å². The van der Waals surface area contributed by atoms with Crippen LogP contribution >= 0.6 is 0 Å². The molecule has 0 aliphatic rings. The lowest BCUT2D eigenvalue weighted by molar-refractivity contribution is 0.0137. The minimum absolute atomic E-state index is 0.153. The van der Waals surface area contributed by atoms with Crippen LogP contribution in [0.5, 0.6) is 0 Å². The van der Waals surface area contributed by atoms with Crippen LogP contribution in [-0.4, -0.2) is 57.9 Å². The fraction of sp³-hybridized carbons (Fsp3) is 1.00. The van der Waals surface area contributed by atoms with Gasteiger partial charge in [0.1, 0.15) is 0 Å². The van der Waals surface area contributed by atoms with Gasteiger partial charge < -0.3 is 19.3 Å². The second kappa shape index (κ2) is 14.2. The topological polar surface area (TPSA) is 96.7 Å². The second-order valence-electron chi connectivity index (χ2n) is 2.87. The molecule has 0 unspecified atom stereocenters. The molecule has 0 aromatic heterocycles. The number of azide groups is 1. The molecule has 1 N–H and O–H groups in total. The number of nitrogens with zero attached hydrogens (tertiary/aromatic N) is 3. The van der Waals surface area contributed by atoms with Crippen LogP contribution in [0.25, 0.3) is 10.4 Å². The van der Waals surface area contributed by atoms with Crippen molar-refractivity contribution in [2.24, 2.45) is 5.11 Å². The zero-order valence-corrected chi connectivity index (χ0v) is 9.38. The van der Waals surface area contributed by atoms with E-state index in [-0.39, 0.29) is 6.61 Å². The number of rotatable bonds is 12. The van der Waals surface area contributed by atoms with Crippen molar-refractivity contribution in [3.8, 4) is 0 Å². The van der Waals surface area contributed by atoms with Crippen molar-refractivity contribution in [2.45, 2.75) is 6.42 Å². The summed E-state index contributed by atoms with van der Waals surface area (Å²) in [5.41, 5.74) is 7.98. The van der Waals surface area contributed by atoms with Crippen LogP contribution in [0.3, 0.4) is 0 Å². The molecule has 7 heteroatoms. The molecule has 0 fully saturated rings. The Balaban J connectivity index is 2.90. The summed E-state index contributed by atoms with van der Waals surface area (Å²) in [6, 6.07) is 0. The van der Waals surface area contributed by atoms with Gasteiger partial charge in [-0.3, -0.25) is 0 Å². The Labute approximate surface area is 94.9 Å². The van der Waals surface area contributed by atoms with Gasteiger partial charge in [0.2, 0.25) is 0 Å². The highest BCUT2D eigenvalue weighted by Gasteiger charge is 1.91. The molecule has 16 heavy (non-hydrogen) atoms. The second-order valence-corrected chi connectivity index (χ2v) is 2.87. The quantitative estimate of drug-likeness (QED) is 0.232. The number of aliphatic hydroxyl groups excluding tert-OH is 1. The zero-order chi connectivity index (χ0) is 11.9. The van der Waals surface area contributed by atoms with Gasteiger partial charge in [-0.1, -0.05) is 5.11 Å². The molecule has 0 aromatic carbocycles. The first-order valence-corrected chi connectivity index (χ1v) is 5.26. The average molecular weight is 233 g/mol. The Morgan fingerprint density at radius 3 is 2.06 bits per heavy atom. The molecule has 0 aromatic rings. The lowest BCUT2D eigenvalue weighted by Crippen LogP contribution is -2.11. The van der Waals surface area contributed by atoms with E-state index in [0.717, 1.165) is 0 Å². The summed E-state index contributed by atoms with van der Waals surface area (Å²) >= 11 is 0. The van der Waals surface area contributed by atoms with Crippen molar-refractivity contribution in [1.82, 2.24) is 0 Å². The first-order chi connectivity index (χ1) is 7.91. The van der Waals surface area contributed by atoms with Crippen molar-refractivity contribution in [3.63, 3.8) is 0 Å². The van der Waals surface area contributed by atoms with E-state index < -0.39 is 0 Å². The number of ether oxygens (including phenoxy) is 3. The SMILES string of the molecule is [N-]=[N+]=NCCOCCOCCOCCCO. The molecule has 0 radical (unpaired) electrons. The third-order valence-electron chi connectivity index (χ3n) is 1.59. The van der Waals surface area contributed by atoms with Crippen molar-refractivity contribution >= 4 is 0 Å². The van der Waals surface area contributed by atoms with E-state index in [0.29, 0.717) is 52.6 Å². The third kappa shape index (κ3) is 13.2. The van der Waals surface area contributed by atoms with Crippen LogP contribution in [0.1, 0.15) is 6.42 Å². The summed E-state index contributed by atoms with van der Waals surface area (Å²) in [5.74, 6) is 0. The van der Waals surface area contributed by atoms with Gasteiger partial charge in [0.25, 0.3) is 0 Å². The van der Waals surface area contributed by atoms with E-state index in [2.05, 4.69) is 10.0 Å². The van der Waals surface area contributed by atoms with Crippen molar-refractivity contribution < 1.29 is 19.3 Å². The summed E-state index contributed by atoms with van der Waals surface area (Å²) < 4.78 is 15.5. The van der Waals surface area contributed by atoms with Crippen LogP contribution in [-0.2, 0) is 14.2 Å². The number of aliphatic hydroxyl groups is 1. The van der Waals surface area contributed by atoms with E-state index in [1.807, 2.05) is 0 Å². The lowest BCUT2D eigenvalue weighted by Gasteiger charge is -2.05. The molecule has 94 valence electrons. The minimum atomic E-state index is 0.153. The molecular formula is C9H19N3O4. The Hall–Kier alpha value is -0.850. The Bertz CT molecular complexity index is 186. The summed E-state index contributed by atoms with van der Waals surface area (Å²) in [6.07, 6.45) is 0.655. The smallest absolute Gasteiger partial charge is 0.0701 e. The van der Waals surface area contributed by atoms with Crippen LogP contribution in [0.4, 0.5) is 0 Å². The van der Waals surface area contributed by atoms with Gasteiger partial charge in [-0.25, -0.2) is 0 Å². The van der Waals surface area contributed by atoms with Gasteiger partial charge in [-0.15, -0.1) is 0 Å². The Kier molecular flexibility index (Phi) is 13.4. The Morgan fingerprint density at radius 2 is 1.50 bits per heavy atom. The fourth-order valence-corrected chi connectivity index (χ4v) is 0.859. The average Bonchev–Trinajstić information content (AvgIpc) is 2.31. The number of hydrogen-bond donors (Lipinski definition) is 1. The highest BCUT2D eigenvalue weighted by atomic mass is 16.5. The van der Waals surface area contributed by atoms with Crippen LogP contribution in [0.15, 0.2) is 5.11 Å². The maximum atomic E-state index is 8.47. The first-order valence-electron chi connectivity index (χ1n) is 5.26. The molecular weight excluding hydrogens is 214 g/mol. The van der Waals surface area contributed by atoms with Gasteiger partial charge in [-0.05, 0) is 12.0 Å². The molecule has 0 saturated heterocycles. The van der Waals surface area contributed by atoms with E-state index in [1.54, 1.807) is 0 Å². The minimum Gasteiger partial charge on any atom is -0.396 e. The summed E-state index contributed by atoms with van der Waals surface area (Å²) in [6.45, 7) is 3.50. The molecule has 0 rings (SSSR count). The zero-order valence-electron chi connectivity index (χ0n) is 9.38. The van der Waals surface area contributed by atoms with E-state index in [4.69, 9.17) is 24.8 Å². The molecule has 0 bridgehead atoms. The largest absolute Gasteiger partial charge is 0.396 e. The maximum Gasteiger partial charge on any atom is 0.0701 e. The molecule has 0 heterocycles. The van der Waals surface area contributed by atoms with Gasteiger partial charge >= 0.3 is 0 Å². The predicted octanol–water partition coefficient (Wildman–Crippen LogP) is 0.729. The van der Waals surface area contributed by atoms with Gasteiger partial charge in [0.05, 0.1) is 33.0 Å². The van der Waals surface area contributed by atoms with Crippen molar-refractivity contribution in [1.29, 1.82) is 0 Å². The molecule has 0 aliphatic carbocycles. The highest BCUT2D eigenvalue weighted by Crippen LogP contribution is 1.84. The van der Waals surface area contributed by atoms with E-state index in [1.165, 1.54) is 0 Å². The molecule has 0 atom stereocenters. The van der Waals surface area contributed by atoms with Gasteiger partial charge in [-0.2, -0.15) is 0 Å². The van der Waals surface area contributed by atoms with E-state index >= 15 is 0 Å². The fourth-order valence-electron chi connectivity index (χ4n) is 0.859. The molecule has 7 nitrogen and oxygen atoms in total. The monoisotopic (exact) mass is 233 g/mol. The summed E-state index contributed by atoms with van der Waals surface area (Å²) in [5, 5.41) is 11.8. The molecule has 0 aliphatic heterocycles. The van der Waals surface area contributed by atoms with Crippen LogP contribution in [0.2, 0.25) is 0 Å². The maximum absolute atomic E-state index is 8.47. The molecule has 0 spiro atoms. The predicted molar refractivity (Wildman–Crippen MR) is 58.2 cm³/mol. The molecule has 0 amide bonds. The Morgan fingerprint density at radius 1 is 0.938 bits per heavy atom. The molecule has 0 saturated carbocycles. The standard InChI is InChI=1S/C9H19N3O4/c10-12-11-2-5-15-7-9-16-8-6-14-4-1-3-13/h13H,1-9H2. The summed E-state index contributed by atoms with van der Waals surface area (Å²) in [4.78, 5) is 2.60. The van der Waals surface area contributed by atoms with Gasteiger partial charge in [0, 0.05) is 24.7 Å². The lowest BCUT2D eigenvalue weighted by atomic mass is 10.5. The number of hydrogen-bond acceptors (Lipinski definition) is 5.